The lowest BCUT2D eigenvalue weighted by atomic mass is 10.0. The van der Waals surface area contributed by atoms with Crippen LogP contribution in [0.15, 0.2) is 41.3 Å². The molecule has 0 bridgehead atoms. The molecule has 0 saturated carbocycles. The number of rotatable bonds is 9. The normalized spacial score (nSPS) is 13.4. The lowest BCUT2D eigenvalue weighted by Crippen LogP contribution is -2.48. The van der Waals surface area contributed by atoms with Crippen LogP contribution in [0, 0.1) is 0 Å². The van der Waals surface area contributed by atoms with Gasteiger partial charge in [0.25, 0.3) is 5.91 Å². The molecule has 3 aromatic rings. The van der Waals surface area contributed by atoms with Crippen molar-refractivity contribution in [2.75, 3.05) is 12.4 Å². The van der Waals surface area contributed by atoms with E-state index in [1.54, 1.807) is 35.8 Å². The predicted molar refractivity (Wildman–Crippen MR) is 128 cm³/mol. The molecule has 0 aliphatic carbocycles. The fourth-order valence-corrected chi connectivity index (χ4v) is 4.58. The van der Waals surface area contributed by atoms with Crippen LogP contribution in [0.1, 0.15) is 57.4 Å². The molecule has 178 valence electrons. The molecule has 1 N–H and O–H groups in total. The Morgan fingerprint density at radius 1 is 1.24 bits per heavy atom. The molecule has 0 spiro atoms. The summed E-state index contributed by atoms with van der Waals surface area (Å²) in [5.41, 5.74) is 0.610. The monoisotopic (exact) mass is 474 g/mol. The molecular formula is C23H30N4O5S. The second-order valence-corrected chi connectivity index (χ2v) is 9.42. The maximum atomic E-state index is 13.4. The number of ether oxygens (including phenoxy) is 1. The zero-order chi connectivity index (χ0) is 24.3. The largest absolute Gasteiger partial charge is 0.494 e. The molecule has 0 aliphatic heterocycles. The van der Waals surface area contributed by atoms with Crippen molar-refractivity contribution in [2.45, 2.75) is 52.6 Å². The minimum absolute atomic E-state index is 0.163. The van der Waals surface area contributed by atoms with Crippen LogP contribution in [0.5, 0.6) is 5.75 Å². The molecule has 1 atom stereocenters. The van der Waals surface area contributed by atoms with Crippen molar-refractivity contribution >= 4 is 27.8 Å². The topological polar surface area (TPSA) is 112 Å². The first-order chi connectivity index (χ1) is 15.6. The summed E-state index contributed by atoms with van der Waals surface area (Å²) in [5.74, 6) is 0.0297. The maximum Gasteiger partial charge on any atom is 0.335 e. The number of carbonyl (C=O) groups excluding carboxylic acids is 1. The first kappa shape index (κ1) is 24.5. The van der Waals surface area contributed by atoms with Gasteiger partial charge in [-0.1, -0.05) is 13.0 Å². The number of nitrogens with zero attached hydrogens (tertiary/aromatic N) is 3. The number of amides is 1. The first-order valence-electron chi connectivity index (χ1n) is 10.9. The summed E-state index contributed by atoms with van der Waals surface area (Å²) in [6.07, 6.45) is 1.85. The molecule has 3 rings (SSSR count). The van der Waals surface area contributed by atoms with Crippen LogP contribution in [0.4, 0.5) is 0 Å². The van der Waals surface area contributed by atoms with E-state index >= 15 is 0 Å². The summed E-state index contributed by atoms with van der Waals surface area (Å²) >= 11 is 0. The van der Waals surface area contributed by atoms with Crippen LogP contribution in [0.25, 0.3) is 16.9 Å². The smallest absolute Gasteiger partial charge is 0.335 e. The van der Waals surface area contributed by atoms with E-state index in [9.17, 15) is 18.0 Å². The Morgan fingerprint density at radius 3 is 2.58 bits per heavy atom. The van der Waals surface area contributed by atoms with Gasteiger partial charge < -0.3 is 10.1 Å². The Morgan fingerprint density at radius 2 is 1.97 bits per heavy atom. The van der Waals surface area contributed by atoms with E-state index < -0.39 is 22.2 Å². The minimum atomic E-state index is -2.66. The Labute approximate surface area is 194 Å². The van der Waals surface area contributed by atoms with E-state index in [4.69, 9.17) is 4.74 Å². The van der Waals surface area contributed by atoms with Gasteiger partial charge in [-0.3, -0.25) is 9.36 Å². The van der Waals surface area contributed by atoms with Crippen LogP contribution in [0.3, 0.4) is 0 Å². The van der Waals surface area contributed by atoms with Crippen molar-refractivity contribution in [2.24, 2.45) is 0 Å². The van der Waals surface area contributed by atoms with Crippen LogP contribution in [0.2, 0.25) is 0 Å². The van der Waals surface area contributed by atoms with Crippen molar-refractivity contribution in [3.8, 4) is 11.4 Å². The van der Waals surface area contributed by atoms with Gasteiger partial charge in [-0.2, -0.15) is 0 Å². The van der Waals surface area contributed by atoms with Gasteiger partial charge in [-0.25, -0.2) is 22.8 Å². The third kappa shape index (κ3) is 5.11. The molecule has 1 aromatic carbocycles. The number of nitrogens with one attached hydrogen (secondary N) is 1. The number of carbonyl (C=O) groups is 1. The van der Waals surface area contributed by atoms with E-state index in [1.165, 1.54) is 10.8 Å². The lowest BCUT2D eigenvalue weighted by Gasteiger charge is -2.27. The molecule has 9 nitrogen and oxygen atoms in total. The zero-order valence-electron chi connectivity index (χ0n) is 19.5. The van der Waals surface area contributed by atoms with Crippen LogP contribution in [-0.2, 0) is 10.7 Å². The maximum absolute atomic E-state index is 13.4. The molecule has 0 fully saturated rings. The summed E-state index contributed by atoms with van der Waals surface area (Å²) in [6.45, 7) is 9.65. The van der Waals surface area contributed by atoms with E-state index in [0.717, 1.165) is 0 Å². The molecule has 1 amide bonds. The van der Waals surface area contributed by atoms with Crippen molar-refractivity contribution in [3.63, 3.8) is 0 Å². The highest BCUT2D eigenvalue weighted by Crippen LogP contribution is 2.23. The van der Waals surface area contributed by atoms with Gasteiger partial charge in [-0.05, 0) is 52.3 Å². The summed E-state index contributed by atoms with van der Waals surface area (Å²) in [4.78, 5) is 30.8. The first-order valence-corrected chi connectivity index (χ1v) is 12.3. The summed E-state index contributed by atoms with van der Waals surface area (Å²) < 4.78 is 31.2. The second kappa shape index (κ2) is 9.78. The van der Waals surface area contributed by atoms with Crippen molar-refractivity contribution < 1.29 is 17.9 Å². The Kier molecular flexibility index (Phi) is 7.26. The van der Waals surface area contributed by atoms with Gasteiger partial charge in [0, 0.05) is 18.3 Å². The molecule has 2 heterocycles. The van der Waals surface area contributed by atoms with E-state index in [0.29, 0.717) is 35.6 Å². The van der Waals surface area contributed by atoms with Gasteiger partial charge in [0.1, 0.15) is 16.5 Å². The predicted octanol–water partition coefficient (Wildman–Crippen LogP) is 2.68. The van der Waals surface area contributed by atoms with Crippen LogP contribution in [-0.4, -0.2) is 46.3 Å². The highest BCUT2D eigenvalue weighted by Gasteiger charge is 2.27. The van der Waals surface area contributed by atoms with Gasteiger partial charge in [0.15, 0.2) is 5.65 Å². The highest BCUT2D eigenvalue weighted by atomic mass is 32.2. The third-order valence-electron chi connectivity index (χ3n) is 5.56. The number of benzene rings is 1. The zero-order valence-corrected chi connectivity index (χ0v) is 20.4. The second-order valence-electron chi connectivity index (χ2n) is 8.44. The Hall–Kier alpha value is -3.14. The fraction of sp³-hybridized carbons (Fsp3) is 0.435. The molecule has 10 heteroatoms. The van der Waals surface area contributed by atoms with E-state index in [1.807, 2.05) is 33.8 Å². The number of pyridine rings is 1. The third-order valence-corrected chi connectivity index (χ3v) is 6.51. The van der Waals surface area contributed by atoms with Gasteiger partial charge in [-0.15, -0.1) is 0 Å². The molecule has 0 saturated heterocycles. The standard InChI is InChI=1S/C23H30N4O5S/c1-6-23(5,14-33(30)31)25-21(28)16-11-19-20(24-13-16)27(22(29)26(19)15(3)4)17-9-8-10-18(12-17)32-7-2/h8-13,15,33H,6-7,14H2,1-5H3,(H,25,28)/t23-/m1/s1. The molecule has 33 heavy (non-hydrogen) atoms. The number of imidazole rings is 1. The number of hydrogen-bond acceptors (Lipinski definition) is 6. The van der Waals surface area contributed by atoms with Crippen molar-refractivity contribution in [3.05, 3.63) is 52.6 Å². The molecular weight excluding hydrogens is 444 g/mol. The highest BCUT2D eigenvalue weighted by molar-refractivity contribution is 7.72. The number of thiol groups is 1. The molecule has 2 aromatic heterocycles. The van der Waals surface area contributed by atoms with Crippen molar-refractivity contribution in [1.82, 2.24) is 19.4 Å². The number of fused-ring (bicyclic) bond motifs is 1. The van der Waals surface area contributed by atoms with E-state index in [2.05, 4.69) is 10.3 Å². The molecule has 0 aliphatic rings. The Balaban J connectivity index is 2.12. The van der Waals surface area contributed by atoms with Gasteiger partial charge in [0.2, 0.25) is 0 Å². The van der Waals surface area contributed by atoms with Crippen molar-refractivity contribution in [1.29, 1.82) is 0 Å². The summed E-state index contributed by atoms with van der Waals surface area (Å²) in [6, 6.07) is 8.63. The molecule has 0 unspecified atom stereocenters. The number of aromatic nitrogens is 3. The van der Waals surface area contributed by atoms with Crippen LogP contribution < -0.4 is 15.7 Å². The van der Waals surface area contributed by atoms with E-state index in [-0.39, 0.29) is 23.0 Å². The quantitative estimate of drug-likeness (QED) is 0.461. The average molecular weight is 475 g/mol. The Bertz CT molecular complexity index is 1300. The summed E-state index contributed by atoms with van der Waals surface area (Å²) in [5, 5.41) is 2.81. The lowest BCUT2D eigenvalue weighted by molar-refractivity contribution is 0.0912. The summed E-state index contributed by atoms with van der Waals surface area (Å²) in [7, 11) is -2.66. The average Bonchev–Trinajstić information content (AvgIpc) is 3.04. The van der Waals surface area contributed by atoms with Crippen LogP contribution >= 0.6 is 0 Å². The SMILES string of the molecule is CCOc1cccc(-n2c(=O)n(C(C)C)c3cc(C(=O)N[C@](C)(CC)C[SH](=O)=O)cnc32)c1. The van der Waals surface area contributed by atoms with Gasteiger partial charge >= 0.3 is 5.69 Å². The van der Waals surface area contributed by atoms with Gasteiger partial charge in [0.05, 0.1) is 34.7 Å². The number of hydrogen-bond donors (Lipinski definition) is 2. The minimum Gasteiger partial charge on any atom is -0.494 e. The molecule has 0 radical (unpaired) electrons. The fourth-order valence-electron chi connectivity index (χ4n) is 3.70.